The minimum atomic E-state index is -0.264. The minimum Gasteiger partial charge on any atom is -0.457 e. The molecule has 0 spiro atoms. The maximum absolute atomic E-state index is 12.1. The highest BCUT2D eigenvalue weighted by Gasteiger charge is 2.21. The van der Waals surface area contributed by atoms with Crippen molar-refractivity contribution >= 4 is 11.7 Å². The van der Waals surface area contributed by atoms with Crippen LogP contribution >= 0.6 is 0 Å². The molecule has 0 atom stereocenters. The molecule has 0 bridgehead atoms. The molecule has 0 aliphatic rings. The van der Waals surface area contributed by atoms with E-state index in [-0.39, 0.29) is 5.91 Å². The smallest absolute Gasteiger partial charge is 0.257 e. The summed E-state index contributed by atoms with van der Waals surface area (Å²) in [5.41, 5.74) is 7.67. The van der Waals surface area contributed by atoms with E-state index in [0.717, 1.165) is 11.3 Å². The Bertz CT molecular complexity index is 855. The molecule has 2 aromatic carbocycles. The van der Waals surface area contributed by atoms with E-state index in [0.29, 0.717) is 22.8 Å². The van der Waals surface area contributed by atoms with Gasteiger partial charge in [-0.1, -0.05) is 18.2 Å². The fourth-order valence-electron chi connectivity index (χ4n) is 2.39. The molecule has 0 aliphatic carbocycles. The van der Waals surface area contributed by atoms with Gasteiger partial charge in [0.2, 0.25) is 0 Å². The van der Waals surface area contributed by atoms with Crippen LogP contribution in [0.1, 0.15) is 10.4 Å². The predicted octanol–water partition coefficient (Wildman–Crippen LogP) is 2.82. The van der Waals surface area contributed by atoms with Crippen molar-refractivity contribution in [3.05, 3.63) is 60.2 Å². The first-order valence-corrected chi connectivity index (χ1v) is 7.48. The maximum Gasteiger partial charge on any atom is 0.257 e. The van der Waals surface area contributed by atoms with Gasteiger partial charge >= 0.3 is 0 Å². The number of carbonyl (C=O) groups is 1. The number of anilines is 1. The lowest BCUT2D eigenvalue weighted by Crippen LogP contribution is -2.19. The molecule has 0 radical (unpaired) electrons. The van der Waals surface area contributed by atoms with Crippen molar-refractivity contribution in [2.24, 2.45) is 7.05 Å². The lowest BCUT2D eigenvalue weighted by Gasteiger charge is -2.07. The molecule has 3 rings (SSSR count). The molecule has 1 aromatic heterocycles. The van der Waals surface area contributed by atoms with Crippen molar-refractivity contribution in [3.63, 3.8) is 0 Å². The summed E-state index contributed by atoms with van der Waals surface area (Å²) >= 11 is 0. The van der Waals surface area contributed by atoms with E-state index in [1.54, 1.807) is 14.1 Å². The van der Waals surface area contributed by atoms with Gasteiger partial charge in [-0.05, 0) is 36.4 Å². The molecule has 0 aliphatic heterocycles. The van der Waals surface area contributed by atoms with Crippen LogP contribution in [0.2, 0.25) is 0 Å². The molecule has 3 N–H and O–H groups in total. The third-order valence-electron chi connectivity index (χ3n) is 3.65. The van der Waals surface area contributed by atoms with Crippen LogP contribution in [0.4, 0.5) is 5.82 Å². The van der Waals surface area contributed by atoms with Gasteiger partial charge in [0.15, 0.2) is 0 Å². The lowest BCUT2D eigenvalue weighted by molar-refractivity contribution is 0.0964. The van der Waals surface area contributed by atoms with Crippen LogP contribution in [-0.2, 0) is 7.05 Å². The van der Waals surface area contributed by atoms with E-state index in [1.807, 2.05) is 54.6 Å². The van der Waals surface area contributed by atoms with Crippen LogP contribution in [0.25, 0.3) is 11.3 Å². The van der Waals surface area contributed by atoms with Gasteiger partial charge in [-0.3, -0.25) is 9.48 Å². The number of ether oxygens (including phenoxy) is 1. The van der Waals surface area contributed by atoms with Crippen LogP contribution in [0.3, 0.4) is 0 Å². The topological polar surface area (TPSA) is 82.2 Å². The zero-order valence-corrected chi connectivity index (χ0v) is 13.5. The van der Waals surface area contributed by atoms with Gasteiger partial charge in [0.05, 0.1) is 0 Å². The Morgan fingerprint density at radius 2 is 1.71 bits per heavy atom. The molecule has 24 heavy (non-hydrogen) atoms. The van der Waals surface area contributed by atoms with E-state index >= 15 is 0 Å². The summed E-state index contributed by atoms with van der Waals surface area (Å²) in [6.07, 6.45) is 0. The summed E-state index contributed by atoms with van der Waals surface area (Å²) in [5, 5.41) is 6.95. The van der Waals surface area contributed by atoms with Gasteiger partial charge in [-0.2, -0.15) is 5.10 Å². The highest BCUT2D eigenvalue weighted by Crippen LogP contribution is 2.29. The van der Waals surface area contributed by atoms with E-state index in [4.69, 9.17) is 10.5 Å². The summed E-state index contributed by atoms with van der Waals surface area (Å²) in [6, 6.07) is 16.9. The van der Waals surface area contributed by atoms with Gasteiger partial charge in [0.25, 0.3) is 5.91 Å². The number of hydrogen-bond donors (Lipinski definition) is 2. The average molecular weight is 322 g/mol. The fourth-order valence-corrected chi connectivity index (χ4v) is 2.39. The van der Waals surface area contributed by atoms with E-state index in [1.165, 1.54) is 4.68 Å². The molecular weight excluding hydrogens is 304 g/mol. The molecule has 6 nitrogen and oxygen atoms in total. The maximum atomic E-state index is 12.1. The first kappa shape index (κ1) is 15.6. The first-order valence-electron chi connectivity index (χ1n) is 7.48. The van der Waals surface area contributed by atoms with Crippen LogP contribution in [0, 0.1) is 0 Å². The number of aromatic nitrogens is 2. The number of hydrogen-bond acceptors (Lipinski definition) is 4. The molecule has 0 fully saturated rings. The molecular formula is C18H18N4O2. The Labute approximate surface area is 139 Å². The number of rotatable bonds is 4. The Morgan fingerprint density at radius 3 is 2.33 bits per heavy atom. The summed E-state index contributed by atoms with van der Waals surface area (Å²) in [5.74, 6) is 1.53. The fraction of sp³-hybridized carbons (Fsp3) is 0.111. The van der Waals surface area contributed by atoms with Crippen molar-refractivity contribution in [1.29, 1.82) is 0 Å². The van der Waals surface area contributed by atoms with Gasteiger partial charge in [-0.25, -0.2) is 0 Å². The minimum absolute atomic E-state index is 0.264. The summed E-state index contributed by atoms with van der Waals surface area (Å²) in [6.45, 7) is 0. The molecule has 0 saturated heterocycles. The standard InChI is InChI=1S/C18H18N4O2/c1-20-18(23)15-16(21-22(2)17(15)19)12-8-10-14(11-9-12)24-13-6-4-3-5-7-13/h3-11H,19H2,1-2H3,(H,20,23). The van der Waals surface area contributed by atoms with Gasteiger partial charge in [0.1, 0.15) is 28.6 Å². The molecule has 1 amide bonds. The SMILES string of the molecule is CNC(=O)c1c(-c2ccc(Oc3ccccc3)cc2)nn(C)c1N. The quantitative estimate of drug-likeness (QED) is 0.774. The zero-order chi connectivity index (χ0) is 17.1. The third kappa shape index (κ3) is 2.94. The Balaban J connectivity index is 1.91. The third-order valence-corrected chi connectivity index (χ3v) is 3.65. The zero-order valence-electron chi connectivity index (χ0n) is 13.5. The summed E-state index contributed by atoms with van der Waals surface area (Å²) < 4.78 is 7.26. The van der Waals surface area contributed by atoms with E-state index < -0.39 is 0 Å². The molecule has 122 valence electrons. The number of nitrogen functional groups attached to an aromatic ring is 1. The van der Waals surface area contributed by atoms with Crippen LogP contribution in [0.5, 0.6) is 11.5 Å². The van der Waals surface area contributed by atoms with Crippen LogP contribution in [-0.4, -0.2) is 22.7 Å². The van der Waals surface area contributed by atoms with Crippen LogP contribution in [0.15, 0.2) is 54.6 Å². The number of nitrogens with two attached hydrogens (primary N) is 1. The number of para-hydroxylation sites is 1. The number of nitrogens with zero attached hydrogens (tertiary/aromatic N) is 2. The van der Waals surface area contributed by atoms with Gasteiger partial charge in [0, 0.05) is 19.7 Å². The second-order valence-corrected chi connectivity index (χ2v) is 5.25. The normalized spacial score (nSPS) is 10.4. The van der Waals surface area contributed by atoms with Crippen molar-refractivity contribution in [1.82, 2.24) is 15.1 Å². The summed E-state index contributed by atoms with van der Waals surface area (Å²) in [4.78, 5) is 12.1. The predicted molar refractivity (Wildman–Crippen MR) is 93.0 cm³/mol. The number of amides is 1. The van der Waals surface area contributed by atoms with Crippen molar-refractivity contribution in [2.45, 2.75) is 0 Å². The van der Waals surface area contributed by atoms with Crippen molar-refractivity contribution < 1.29 is 9.53 Å². The Kier molecular flexibility index (Phi) is 4.20. The molecule has 3 aromatic rings. The average Bonchev–Trinajstić information content (AvgIpc) is 2.91. The van der Waals surface area contributed by atoms with E-state index in [2.05, 4.69) is 10.4 Å². The first-order chi connectivity index (χ1) is 11.6. The molecule has 0 saturated carbocycles. The Morgan fingerprint density at radius 1 is 1.08 bits per heavy atom. The highest BCUT2D eigenvalue weighted by atomic mass is 16.5. The molecule has 1 heterocycles. The summed E-state index contributed by atoms with van der Waals surface area (Å²) in [7, 11) is 3.27. The van der Waals surface area contributed by atoms with Crippen molar-refractivity contribution in [3.8, 4) is 22.8 Å². The monoisotopic (exact) mass is 322 g/mol. The second kappa shape index (κ2) is 6.45. The largest absolute Gasteiger partial charge is 0.457 e. The number of carbonyl (C=O) groups excluding carboxylic acids is 1. The number of benzene rings is 2. The highest BCUT2D eigenvalue weighted by molar-refractivity contribution is 6.04. The number of aryl methyl sites for hydroxylation is 1. The number of nitrogens with one attached hydrogen (secondary N) is 1. The second-order valence-electron chi connectivity index (χ2n) is 5.25. The molecule has 6 heteroatoms. The van der Waals surface area contributed by atoms with Crippen LogP contribution < -0.4 is 15.8 Å². The lowest BCUT2D eigenvalue weighted by atomic mass is 10.1. The Hall–Kier alpha value is -3.28. The van der Waals surface area contributed by atoms with E-state index in [9.17, 15) is 4.79 Å². The van der Waals surface area contributed by atoms with Gasteiger partial charge in [-0.15, -0.1) is 0 Å². The van der Waals surface area contributed by atoms with Crippen molar-refractivity contribution in [2.75, 3.05) is 12.8 Å². The molecule has 0 unspecified atom stereocenters. The van der Waals surface area contributed by atoms with Gasteiger partial charge < -0.3 is 15.8 Å².